The molecule has 21 heavy (non-hydrogen) atoms. The molecule has 0 aromatic heterocycles. The number of ether oxygens (including phenoxy) is 1. The van der Waals surface area contributed by atoms with Crippen LogP contribution < -0.4 is 5.32 Å². The summed E-state index contributed by atoms with van der Waals surface area (Å²) in [7, 11) is 1.36. The highest BCUT2D eigenvalue weighted by Gasteiger charge is 2.15. The molecule has 110 valence electrons. The molecule has 0 fully saturated rings. The van der Waals surface area contributed by atoms with Gasteiger partial charge in [0, 0.05) is 15.7 Å². The fourth-order valence-electron chi connectivity index (χ4n) is 2.05. The zero-order chi connectivity index (χ0) is 15.4. The van der Waals surface area contributed by atoms with Crippen molar-refractivity contribution in [2.75, 3.05) is 12.4 Å². The molecular formula is C16H15Cl2NO2. The maximum absolute atomic E-state index is 11.8. The molecule has 0 saturated heterocycles. The lowest BCUT2D eigenvalue weighted by Gasteiger charge is -2.19. The van der Waals surface area contributed by atoms with Crippen LogP contribution >= 0.6 is 23.2 Å². The second-order valence-corrected chi connectivity index (χ2v) is 5.41. The highest BCUT2D eigenvalue weighted by atomic mass is 35.5. The number of nitrogens with one attached hydrogen (secondary N) is 1. The first-order chi connectivity index (χ1) is 10.0. The number of esters is 1. The van der Waals surface area contributed by atoms with Crippen molar-refractivity contribution in [1.82, 2.24) is 0 Å². The van der Waals surface area contributed by atoms with Gasteiger partial charge in [-0.2, -0.15) is 0 Å². The van der Waals surface area contributed by atoms with E-state index in [9.17, 15) is 4.79 Å². The van der Waals surface area contributed by atoms with Crippen LogP contribution in [0.25, 0.3) is 0 Å². The molecule has 0 amide bonds. The Kier molecular flexibility index (Phi) is 5.10. The van der Waals surface area contributed by atoms with Crippen LogP contribution in [0.15, 0.2) is 42.5 Å². The van der Waals surface area contributed by atoms with E-state index in [1.165, 1.54) is 7.11 Å². The quantitative estimate of drug-likeness (QED) is 0.809. The van der Waals surface area contributed by atoms with Crippen molar-refractivity contribution in [1.29, 1.82) is 0 Å². The lowest BCUT2D eigenvalue weighted by molar-refractivity contribution is 0.0602. The van der Waals surface area contributed by atoms with Gasteiger partial charge in [0.25, 0.3) is 0 Å². The third kappa shape index (κ3) is 3.69. The predicted molar refractivity (Wildman–Crippen MR) is 86.3 cm³/mol. The van der Waals surface area contributed by atoms with Crippen molar-refractivity contribution in [3.05, 3.63) is 63.6 Å². The zero-order valence-electron chi connectivity index (χ0n) is 11.7. The number of anilines is 1. The predicted octanol–water partition coefficient (Wildman–Crippen LogP) is 4.95. The Morgan fingerprint density at radius 1 is 1.19 bits per heavy atom. The Morgan fingerprint density at radius 2 is 1.90 bits per heavy atom. The van der Waals surface area contributed by atoms with Crippen LogP contribution in [0.3, 0.4) is 0 Å². The Bertz CT molecular complexity index is 658. The van der Waals surface area contributed by atoms with Gasteiger partial charge in [-0.05, 0) is 42.8 Å². The van der Waals surface area contributed by atoms with Gasteiger partial charge in [0.15, 0.2) is 0 Å². The molecule has 3 nitrogen and oxygen atoms in total. The normalized spacial score (nSPS) is 11.8. The number of methoxy groups -OCH3 is 1. The molecule has 5 heteroatoms. The number of benzene rings is 2. The van der Waals surface area contributed by atoms with E-state index in [2.05, 4.69) is 5.32 Å². The molecule has 1 N–H and O–H groups in total. The van der Waals surface area contributed by atoms with Crippen LogP contribution in [0, 0.1) is 0 Å². The molecule has 0 saturated carbocycles. The maximum Gasteiger partial charge on any atom is 0.339 e. The third-order valence-corrected chi connectivity index (χ3v) is 3.71. The SMILES string of the molecule is COC(=O)c1ccccc1NC(C)c1cc(Cl)ccc1Cl. The van der Waals surface area contributed by atoms with E-state index < -0.39 is 0 Å². The highest BCUT2D eigenvalue weighted by Crippen LogP contribution is 2.29. The first-order valence-corrected chi connectivity index (χ1v) is 7.17. The van der Waals surface area contributed by atoms with Crippen LogP contribution in [-0.4, -0.2) is 13.1 Å². The fourth-order valence-corrected chi connectivity index (χ4v) is 2.52. The number of carbonyl (C=O) groups excluding carboxylic acids is 1. The lowest BCUT2D eigenvalue weighted by Crippen LogP contribution is -2.12. The van der Waals surface area contributed by atoms with Gasteiger partial charge >= 0.3 is 5.97 Å². The average molecular weight is 324 g/mol. The van der Waals surface area contributed by atoms with E-state index in [1.54, 1.807) is 24.3 Å². The molecule has 0 spiro atoms. The van der Waals surface area contributed by atoms with Gasteiger partial charge in [0.2, 0.25) is 0 Å². The van der Waals surface area contributed by atoms with Gasteiger partial charge in [0.05, 0.1) is 18.7 Å². The lowest BCUT2D eigenvalue weighted by atomic mass is 10.1. The maximum atomic E-state index is 11.8. The molecule has 0 aliphatic rings. The van der Waals surface area contributed by atoms with Gasteiger partial charge in [-0.25, -0.2) is 4.79 Å². The first-order valence-electron chi connectivity index (χ1n) is 6.41. The third-order valence-electron chi connectivity index (χ3n) is 3.13. The summed E-state index contributed by atoms with van der Waals surface area (Å²) in [4.78, 5) is 11.8. The van der Waals surface area contributed by atoms with E-state index in [-0.39, 0.29) is 12.0 Å². The zero-order valence-corrected chi connectivity index (χ0v) is 13.2. The molecule has 1 atom stereocenters. The summed E-state index contributed by atoms with van der Waals surface area (Å²) in [5, 5.41) is 4.50. The fraction of sp³-hybridized carbons (Fsp3) is 0.188. The minimum atomic E-state index is -0.387. The number of para-hydroxylation sites is 1. The van der Waals surface area contributed by atoms with Gasteiger partial charge in [-0.3, -0.25) is 0 Å². The van der Waals surface area contributed by atoms with E-state index in [1.807, 2.05) is 25.1 Å². The van der Waals surface area contributed by atoms with Crippen LogP contribution in [0.4, 0.5) is 5.69 Å². The van der Waals surface area contributed by atoms with Gasteiger partial charge < -0.3 is 10.1 Å². The summed E-state index contributed by atoms with van der Waals surface area (Å²) >= 11 is 12.2. The van der Waals surface area contributed by atoms with Crippen LogP contribution in [-0.2, 0) is 4.74 Å². The van der Waals surface area contributed by atoms with E-state index in [4.69, 9.17) is 27.9 Å². The molecule has 1 unspecified atom stereocenters. The first kappa shape index (κ1) is 15.7. The summed E-state index contributed by atoms with van der Waals surface area (Å²) in [6.45, 7) is 1.95. The molecular weight excluding hydrogens is 309 g/mol. The van der Waals surface area contributed by atoms with Crippen molar-refractivity contribution in [3.8, 4) is 0 Å². The molecule has 2 rings (SSSR count). The summed E-state index contributed by atoms with van der Waals surface area (Å²) in [5.41, 5.74) is 2.03. The van der Waals surface area contributed by atoms with Gasteiger partial charge in [-0.1, -0.05) is 35.3 Å². The monoisotopic (exact) mass is 323 g/mol. The van der Waals surface area contributed by atoms with E-state index in [0.717, 1.165) is 5.56 Å². The number of halogens is 2. The number of carbonyl (C=O) groups is 1. The van der Waals surface area contributed by atoms with Gasteiger partial charge in [0.1, 0.15) is 0 Å². The largest absolute Gasteiger partial charge is 0.465 e. The summed E-state index contributed by atoms with van der Waals surface area (Å²) in [5.74, 6) is -0.387. The Morgan fingerprint density at radius 3 is 2.62 bits per heavy atom. The summed E-state index contributed by atoms with van der Waals surface area (Å²) in [6.07, 6.45) is 0. The van der Waals surface area contributed by atoms with E-state index >= 15 is 0 Å². The Labute approximate surface area is 133 Å². The second-order valence-electron chi connectivity index (χ2n) is 4.57. The van der Waals surface area contributed by atoms with Crippen molar-refractivity contribution in [2.45, 2.75) is 13.0 Å². The number of rotatable bonds is 4. The number of hydrogen-bond acceptors (Lipinski definition) is 3. The molecule has 0 heterocycles. The van der Waals surface area contributed by atoms with E-state index in [0.29, 0.717) is 21.3 Å². The Hall–Kier alpha value is -1.71. The molecule has 0 aliphatic heterocycles. The van der Waals surface area contributed by atoms with Crippen LogP contribution in [0.5, 0.6) is 0 Å². The topological polar surface area (TPSA) is 38.3 Å². The smallest absolute Gasteiger partial charge is 0.339 e. The van der Waals surface area contributed by atoms with Gasteiger partial charge in [-0.15, -0.1) is 0 Å². The highest BCUT2D eigenvalue weighted by molar-refractivity contribution is 6.33. The average Bonchev–Trinajstić information content (AvgIpc) is 2.49. The minimum absolute atomic E-state index is 0.109. The van der Waals surface area contributed by atoms with Crippen molar-refractivity contribution < 1.29 is 9.53 Å². The molecule has 0 bridgehead atoms. The number of hydrogen-bond donors (Lipinski definition) is 1. The van der Waals surface area contributed by atoms with Crippen molar-refractivity contribution in [2.24, 2.45) is 0 Å². The molecule has 2 aromatic rings. The summed E-state index contributed by atoms with van der Waals surface area (Å²) < 4.78 is 4.78. The molecule has 0 radical (unpaired) electrons. The van der Waals surface area contributed by atoms with Crippen LogP contribution in [0.1, 0.15) is 28.9 Å². The van der Waals surface area contributed by atoms with Crippen LogP contribution in [0.2, 0.25) is 10.0 Å². The molecule has 0 aliphatic carbocycles. The van der Waals surface area contributed by atoms with Crippen molar-refractivity contribution >= 4 is 34.9 Å². The summed E-state index contributed by atoms with van der Waals surface area (Å²) in [6, 6.07) is 12.4. The minimum Gasteiger partial charge on any atom is -0.465 e. The standard InChI is InChI=1S/C16H15Cl2NO2/c1-10(13-9-11(17)7-8-14(13)18)19-15-6-4-3-5-12(15)16(20)21-2/h3-10,19H,1-2H3. The van der Waals surface area contributed by atoms with Crippen molar-refractivity contribution in [3.63, 3.8) is 0 Å². The molecule has 2 aromatic carbocycles. The Balaban J connectivity index is 2.30. The second kappa shape index (κ2) is 6.83.